The average Bonchev–Trinajstić information content (AvgIpc) is 2.82. The summed E-state index contributed by atoms with van der Waals surface area (Å²) < 4.78 is 38.2. The first kappa shape index (κ1) is 24.6. The number of hydrazine groups is 1. The lowest BCUT2D eigenvalue weighted by atomic mass is 10.2. The molecule has 0 radical (unpaired) electrons. The lowest BCUT2D eigenvalue weighted by Crippen LogP contribution is -2.41. The number of methoxy groups -OCH3 is 1. The van der Waals surface area contributed by atoms with E-state index < -0.39 is 21.8 Å². The maximum Gasteiger partial charge on any atom is 0.269 e. The molecule has 0 fully saturated rings. The van der Waals surface area contributed by atoms with Crippen molar-refractivity contribution in [1.82, 2.24) is 10.9 Å². The molecule has 0 bridgehead atoms. The number of nitrogens with one attached hydrogen (secondary N) is 3. The van der Waals surface area contributed by atoms with Crippen molar-refractivity contribution in [2.75, 3.05) is 11.8 Å². The van der Waals surface area contributed by atoms with Crippen LogP contribution in [0.5, 0.6) is 11.5 Å². The minimum absolute atomic E-state index is 0.0126. The van der Waals surface area contributed by atoms with Crippen molar-refractivity contribution < 1.29 is 27.5 Å². The molecule has 3 aromatic carbocycles. The molecule has 3 rings (SSSR count). The highest BCUT2D eigenvalue weighted by Gasteiger charge is 2.16. The van der Waals surface area contributed by atoms with Gasteiger partial charge in [-0.25, -0.2) is 8.42 Å². The Bertz CT molecular complexity index is 1240. The number of hydrogen-bond acceptors (Lipinski definition) is 6. The lowest BCUT2D eigenvalue weighted by Gasteiger charge is -2.11. The van der Waals surface area contributed by atoms with Gasteiger partial charge in [-0.1, -0.05) is 0 Å². The number of anilines is 1. The molecular weight excluding hydrogens is 458 g/mol. The summed E-state index contributed by atoms with van der Waals surface area (Å²) in [6, 6.07) is 18.2. The molecule has 10 heteroatoms. The Hall–Kier alpha value is -4.05. The summed E-state index contributed by atoms with van der Waals surface area (Å²) in [5.41, 5.74) is 5.51. The fourth-order valence-electron chi connectivity index (χ4n) is 2.87. The Labute approximate surface area is 198 Å². The van der Waals surface area contributed by atoms with Crippen LogP contribution in [0.1, 0.15) is 34.6 Å². The van der Waals surface area contributed by atoms with Crippen LogP contribution in [0.3, 0.4) is 0 Å². The largest absolute Gasteiger partial charge is 0.497 e. The number of benzene rings is 3. The van der Waals surface area contributed by atoms with E-state index in [2.05, 4.69) is 15.6 Å². The average molecular weight is 484 g/mol. The van der Waals surface area contributed by atoms with E-state index in [1.165, 1.54) is 31.4 Å². The predicted octanol–water partition coefficient (Wildman–Crippen LogP) is 3.36. The molecule has 0 heterocycles. The fraction of sp³-hybridized carbons (Fsp3) is 0.167. The van der Waals surface area contributed by atoms with E-state index in [4.69, 9.17) is 9.47 Å². The van der Waals surface area contributed by atoms with Gasteiger partial charge in [0.1, 0.15) is 11.5 Å². The minimum Gasteiger partial charge on any atom is -0.497 e. The Morgan fingerprint density at radius 1 is 0.735 bits per heavy atom. The summed E-state index contributed by atoms with van der Waals surface area (Å²) in [5, 5.41) is 0. The van der Waals surface area contributed by atoms with Gasteiger partial charge in [-0.05, 0) is 86.6 Å². The van der Waals surface area contributed by atoms with Crippen LogP contribution in [-0.2, 0) is 10.0 Å². The number of carbonyl (C=O) groups is 2. The van der Waals surface area contributed by atoms with Gasteiger partial charge in [-0.3, -0.25) is 25.2 Å². The van der Waals surface area contributed by atoms with Crippen molar-refractivity contribution in [2.45, 2.75) is 24.8 Å². The summed E-state index contributed by atoms with van der Waals surface area (Å²) in [6.45, 7) is 3.80. The van der Waals surface area contributed by atoms with E-state index in [9.17, 15) is 18.0 Å². The molecule has 0 atom stereocenters. The Morgan fingerprint density at radius 3 is 1.68 bits per heavy atom. The van der Waals surface area contributed by atoms with Crippen LogP contribution in [0.4, 0.5) is 5.69 Å². The first-order chi connectivity index (χ1) is 16.2. The molecule has 2 amide bonds. The number of carbonyl (C=O) groups excluding carboxylic acids is 2. The van der Waals surface area contributed by atoms with Gasteiger partial charge in [0.25, 0.3) is 21.8 Å². The molecule has 0 aliphatic rings. The van der Waals surface area contributed by atoms with E-state index in [1.54, 1.807) is 48.5 Å². The van der Waals surface area contributed by atoms with Crippen molar-refractivity contribution >= 4 is 27.5 Å². The van der Waals surface area contributed by atoms with E-state index in [1.807, 2.05) is 13.8 Å². The molecule has 0 aromatic heterocycles. The first-order valence-corrected chi connectivity index (χ1v) is 11.8. The number of rotatable bonds is 8. The standard InChI is InChI=1S/C24H25N3O6S/c1-16(2)33-21-10-4-17(5-11-21)23(28)25-26-24(29)18-6-14-22(15-7-18)34(30,31)27-19-8-12-20(32-3)13-9-19/h4-16,27H,1-3H3,(H,25,28)(H,26,29). The monoisotopic (exact) mass is 483 g/mol. The molecule has 0 saturated carbocycles. The number of amides is 2. The van der Waals surface area contributed by atoms with Crippen LogP contribution in [-0.4, -0.2) is 33.4 Å². The number of sulfonamides is 1. The zero-order valence-electron chi connectivity index (χ0n) is 18.9. The van der Waals surface area contributed by atoms with Crippen molar-refractivity contribution in [3.05, 3.63) is 83.9 Å². The van der Waals surface area contributed by atoms with Crippen molar-refractivity contribution in [2.24, 2.45) is 0 Å². The van der Waals surface area contributed by atoms with Gasteiger partial charge in [0, 0.05) is 16.8 Å². The number of hydrogen-bond donors (Lipinski definition) is 3. The van der Waals surface area contributed by atoms with Gasteiger partial charge in [0.05, 0.1) is 18.1 Å². The highest BCUT2D eigenvalue weighted by atomic mass is 32.2. The molecule has 0 unspecified atom stereocenters. The summed E-state index contributed by atoms with van der Waals surface area (Å²) in [7, 11) is -2.33. The number of ether oxygens (including phenoxy) is 2. The zero-order chi connectivity index (χ0) is 24.7. The zero-order valence-corrected chi connectivity index (χ0v) is 19.7. The maximum atomic E-state index is 12.6. The van der Waals surface area contributed by atoms with Crippen LogP contribution in [0.2, 0.25) is 0 Å². The summed E-state index contributed by atoms with van der Waals surface area (Å²) in [4.78, 5) is 24.6. The van der Waals surface area contributed by atoms with E-state index >= 15 is 0 Å². The van der Waals surface area contributed by atoms with Crippen LogP contribution in [0.25, 0.3) is 0 Å². The van der Waals surface area contributed by atoms with Crippen LogP contribution in [0.15, 0.2) is 77.7 Å². The normalized spacial score (nSPS) is 10.9. The molecule has 3 aromatic rings. The van der Waals surface area contributed by atoms with Gasteiger partial charge in [-0.2, -0.15) is 0 Å². The molecule has 9 nitrogen and oxygen atoms in total. The molecule has 0 saturated heterocycles. The van der Waals surface area contributed by atoms with Gasteiger partial charge < -0.3 is 9.47 Å². The van der Waals surface area contributed by atoms with Gasteiger partial charge >= 0.3 is 0 Å². The topological polar surface area (TPSA) is 123 Å². The molecule has 0 aliphatic carbocycles. The second kappa shape index (κ2) is 10.7. The molecule has 0 aliphatic heterocycles. The first-order valence-electron chi connectivity index (χ1n) is 10.3. The quantitative estimate of drug-likeness (QED) is 0.422. The molecule has 3 N–H and O–H groups in total. The highest BCUT2D eigenvalue weighted by Crippen LogP contribution is 2.20. The molecule has 0 spiro atoms. The summed E-state index contributed by atoms with van der Waals surface area (Å²) in [5.74, 6) is 0.127. The second-order valence-corrected chi connectivity index (χ2v) is 9.14. The second-order valence-electron chi connectivity index (χ2n) is 7.46. The van der Waals surface area contributed by atoms with E-state index in [0.717, 1.165) is 0 Å². The SMILES string of the molecule is COc1ccc(NS(=O)(=O)c2ccc(C(=O)NNC(=O)c3ccc(OC(C)C)cc3)cc2)cc1. The van der Waals surface area contributed by atoms with Crippen molar-refractivity contribution in [3.63, 3.8) is 0 Å². The highest BCUT2D eigenvalue weighted by molar-refractivity contribution is 7.92. The van der Waals surface area contributed by atoms with Crippen molar-refractivity contribution in [3.8, 4) is 11.5 Å². The smallest absolute Gasteiger partial charge is 0.269 e. The van der Waals surface area contributed by atoms with Crippen LogP contribution in [0, 0.1) is 0 Å². The maximum absolute atomic E-state index is 12.6. The summed E-state index contributed by atoms with van der Waals surface area (Å²) >= 11 is 0. The molecule has 178 valence electrons. The summed E-state index contributed by atoms with van der Waals surface area (Å²) in [6.07, 6.45) is 0.0126. The Kier molecular flexibility index (Phi) is 7.75. The molecule has 34 heavy (non-hydrogen) atoms. The van der Waals surface area contributed by atoms with Gasteiger partial charge in [0.15, 0.2) is 0 Å². The Morgan fingerprint density at radius 2 is 1.21 bits per heavy atom. The lowest BCUT2D eigenvalue weighted by molar-refractivity contribution is 0.0846. The van der Waals surface area contributed by atoms with Crippen LogP contribution >= 0.6 is 0 Å². The fourth-order valence-corrected chi connectivity index (χ4v) is 3.93. The van der Waals surface area contributed by atoms with Crippen molar-refractivity contribution in [1.29, 1.82) is 0 Å². The predicted molar refractivity (Wildman–Crippen MR) is 127 cm³/mol. The van der Waals surface area contributed by atoms with Gasteiger partial charge in [-0.15, -0.1) is 0 Å². The minimum atomic E-state index is -3.85. The molecular formula is C24H25N3O6S. The van der Waals surface area contributed by atoms with Gasteiger partial charge in [0.2, 0.25) is 0 Å². The third-order valence-electron chi connectivity index (χ3n) is 4.55. The third kappa shape index (κ3) is 6.48. The Balaban J connectivity index is 1.58. The van der Waals surface area contributed by atoms with Crippen LogP contribution < -0.4 is 25.0 Å². The van der Waals surface area contributed by atoms with E-state index in [0.29, 0.717) is 22.7 Å². The third-order valence-corrected chi connectivity index (χ3v) is 5.94. The van der Waals surface area contributed by atoms with E-state index in [-0.39, 0.29) is 16.6 Å².